The zero-order valence-corrected chi connectivity index (χ0v) is 21.5. The summed E-state index contributed by atoms with van der Waals surface area (Å²) < 4.78 is 45.0. The second kappa shape index (κ2) is 11.7. The van der Waals surface area contributed by atoms with Crippen molar-refractivity contribution in [3.05, 3.63) is 53.3 Å². The van der Waals surface area contributed by atoms with Gasteiger partial charge in [-0.25, -0.2) is 17.8 Å². The van der Waals surface area contributed by atoms with Gasteiger partial charge in [0, 0.05) is 37.6 Å². The van der Waals surface area contributed by atoms with Crippen molar-refractivity contribution in [2.24, 2.45) is 0 Å². The third kappa shape index (κ3) is 6.98. The highest BCUT2D eigenvalue weighted by molar-refractivity contribution is 7.91. The molecule has 0 atom stereocenters. The number of ether oxygens (including phenoxy) is 1. The topological polar surface area (TPSA) is 79.8 Å². The Labute approximate surface area is 213 Å². The summed E-state index contributed by atoms with van der Waals surface area (Å²) in [5, 5.41) is 0.959. The van der Waals surface area contributed by atoms with E-state index in [0.717, 1.165) is 26.1 Å². The molecule has 1 amide bonds. The summed E-state index contributed by atoms with van der Waals surface area (Å²) in [7, 11) is -3.52. The Morgan fingerprint density at radius 3 is 2.63 bits per heavy atom. The largest absolute Gasteiger partial charge is 0.379 e. The SMILES string of the molecule is O=C(CCCS(=O)(=O)c1ccc(Cl)cc1)N(CCCN1CCOCC1)c1nc2ccc(F)cc2s1. The molecule has 2 heterocycles. The number of halogens is 2. The summed E-state index contributed by atoms with van der Waals surface area (Å²) in [5.41, 5.74) is 0.627. The Balaban J connectivity index is 1.42. The number of hydrogen-bond acceptors (Lipinski definition) is 7. The number of rotatable bonds is 10. The Morgan fingerprint density at radius 1 is 1.14 bits per heavy atom. The first-order valence-electron chi connectivity index (χ1n) is 11.5. The molecule has 1 saturated heterocycles. The van der Waals surface area contributed by atoms with Crippen LogP contribution < -0.4 is 4.90 Å². The fourth-order valence-electron chi connectivity index (χ4n) is 3.91. The van der Waals surface area contributed by atoms with Crippen LogP contribution in [0.15, 0.2) is 47.4 Å². The zero-order valence-electron chi connectivity index (χ0n) is 19.2. The van der Waals surface area contributed by atoms with Crippen molar-refractivity contribution in [1.82, 2.24) is 9.88 Å². The third-order valence-electron chi connectivity index (χ3n) is 5.81. The van der Waals surface area contributed by atoms with Gasteiger partial charge in [0.1, 0.15) is 5.82 Å². The second-order valence-electron chi connectivity index (χ2n) is 8.34. The summed E-state index contributed by atoms with van der Waals surface area (Å²) >= 11 is 7.11. The van der Waals surface area contributed by atoms with E-state index >= 15 is 0 Å². The van der Waals surface area contributed by atoms with Gasteiger partial charge in [-0.3, -0.25) is 14.6 Å². The van der Waals surface area contributed by atoms with Gasteiger partial charge < -0.3 is 4.74 Å². The smallest absolute Gasteiger partial charge is 0.228 e. The fourth-order valence-corrected chi connectivity index (χ4v) is 6.38. The van der Waals surface area contributed by atoms with Gasteiger partial charge in [-0.1, -0.05) is 22.9 Å². The van der Waals surface area contributed by atoms with Crippen molar-refractivity contribution in [3.63, 3.8) is 0 Å². The van der Waals surface area contributed by atoms with E-state index in [-0.39, 0.29) is 35.2 Å². The highest BCUT2D eigenvalue weighted by Crippen LogP contribution is 2.30. The molecule has 3 aromatic rings. The first-order valence-corrected chi connectivity index (χ1v) is 14.3. The molecular weight excluding hydrogens is 513 g/mol. The summed E-state index contributed by atoms with van der Waals surface area (Å²) in [6, 6.07) is 10.4. The molecule has 0 spiro atoms. The molecule has 1 aliphatic heterocycles. The van der Waals surface area contributed by atoms with Crippen LogP contribution in [0, 0.1) is 5.82 Å². The van der Waals surface area contributed by atoms with E-state index in [9.17, 15) is 17.6 Å². The lowest BCUT2D eigenvalue weighted by atomic mass is 10.2. The van der Waals surface area contributed by atoms with Gasteiger partial charge in [-0.15, -0.1) is 0 Å². The van der Waals surface area contributed by atoms with E-state index in [0.29, 0.717) is 40.1 Å². The van der Waals surface area contributed by atoms with E-state index in [4.69, 9.17) is 16.3 Å². The van der Waals surface area contributed by atoms with Gasteiger partial charge in [0.2, 0.25) is 5.91 Å². The van der Waals surface area contributed by atoms with Crippen LogP contribution >= 0.6 is 22.9 Å². The van der Waals surface area contributed by atoms with Crippen LogP contribution in [-0.4, -0.2) is 69.4 Å². The number of thiazole rings is 1. The number of nitrogens with zero attached hydrogens (tertiary/aromatic N) is 3. The minimum atomic E-state index is -3.52. The number of sulfone groups is 1. The van der Waals surface area contributed by atoms with E-state index in [1.54, 1.807) is 11.0 Å². The minimum Gasteiger partial charge on any atom is -0.379 e. The Hall–Kier alpha value is -2.11. The molecule has 1 fully saturated rings. The highest BCUT2D eigenvalue weighted by atomic mass is 35.5. The van der Waals surface area contributed by atoms with Crippen LogP contribution in [0.1, 0.15) is 19.3 Å². The number of morpholine rings is 1. The van der Waals surface area contributed by atoms with Gasteiger partial charge in [0.25, 0.3) is 0 Å². The molecule has 0 radical (unpaired) electrons. The fraction of sp³-hybridized carbons (Fsp3) is 0.417. The number of amides is 1. The Kier molecular flexibility index (Phi) is 8.72. The highest BCUT2D eigenvalue weighted by Gasteiger charge is 2.22. The molecule has 4 rings (SSSR count). The van der Waals surface area contributed by atoms with Crippen LogP contribution in [0.25, 0.3) is 10.2 Å². The number of fused-ring (bicyclic) bond motifs is 1. The summed E-state index contributed by atoms with van der Waals surface area (Å²) in [4.78, 5) is 21.8. The zero-order chi connectivity index (χ0) is 24.8. The van der Waals surface area contributed by atoms with Crippen molar-refractivity contribution >= 4 is 54.0 Å². The number of carbonyl (C=O) groups is 1. The van der Waals surface area contributed by atoms with Crippen molar-refractivity contribution < 1.29 is 22.3 Å². The summed E-state index contributed by atoms with van der Waals surface area (Å²) in [6.07, 6.45) is 0.983. The van der Waals surface area contributed by atoms with Gasteiger partial charge in [0.05, 0.1) is 34.1 Å². The van der Waals surface area contributed by atoms with E-state index in [1.165, 1.54) is 47.7 Å². The second-order valence-corrected chi connectivity index (χ2v) is 11.9. The van der Waals surface area contributed by atoms with Crippen LogP contribution in [0.5, 0.6) is 0 Å². The van der Waals surface area contributed by atoms with Crippen LogP contribution in [-0.2, 0) is 19.4 Å². The molecule has 0 N–H and O–H groups in total. The molecule has 1 aromatic heterocycles. The predicted molar refractivity (Wildman–Crippen MR) is 137 cm³/mol. The van der Waals surface area contributed by atoms with E-state index in [1.807, 2.05) is 0 Å². The van der Waals surface area contributed by atoms with E-state index < -0.39 is 9.84 Å². The van der Waals surface area contributed by atoms with E-state index in [2.05, 4.69) is 9.88 Å². The third-order valence-corrected chi connectivity index (χ3v) is 8.92. The molecule has 0 unspecified atom stereocenters. The number of carbonyl (C=O) groups excluding carboxylic acids is 1. The molecule has 0 bridgehead atoms. The minimum absolute atomic E-state index is 0.0641. The average molecular weight is 540 g/mol. The number of anilines is 1. The number of benzene rings is 2. The lowest BCUT2D eigenvalue weighted by Gasteiger charge is -2.27. The number of hydrogen-bond donors (Lipinski definition) is 0. The molecular formula is C24H27ClFN3O4S2. The predicted octanol–water partition coefficient (Wildman–Crippen LogP) is 4.40. The van der Waals surface area contributed by atoms with Crippen molar-refractivity contribution in [1.29, 1.82) is 0 Å². The normalized spacial score (nSPS) is 14.9. The lowest BCUT2D eigenvalue weighted by molar-refractivity contribution is -0.118. The van der Waals surface area contributed by atoms with Gasteiger partial charge in [0.15, 0.2) is 15.0 Å². The summed E-state index contributed by atoms with van der Waals surface area (Å²) in [6.45, 7) is 4.39. The maximum Gasteiger partial charge on any atom is 0.228 e. The van der Waals surface area contributed by atoms with Crippen LogP contribution in [0.3, 0.4) is 0 Å². The Bertz CT molecular complexity index is 1260. The molecule has 188 valence electrons. The quantitative estimate of drug-likeness (QED) is 0.380. The molecule has 35 heavy (non-hydrogen) atoms. The van der Waals surface area contributed by atoms with Gasteiger partial charge >= 0.3 is 0 Å². The summed E-state index contributed by atoms with van der Waals surface area (Å²) in [5.74, 6) is -0.698. The average Bonchev–Trinajstić information content (AvgIpc) is 3.25. The van der Waals surface area contributed by atoms with Crippen molar-refractivity contribution in [3.8, 4) is 0 Å². The first kappa shape index (κ1) is 26.0. The molecule has 11 heteroatoms. The van der Waals surface area contributed by atoms with Crippen molar-refractivity contribution in [2.75, 3.05) is 50.0 Å². The van der Waals surface area contributed by atoms with Crippen molar-refractivity contribution in [2.45, 2.75) is 24.2 Å². The molecule has 0 saturated carbocycles. The van der Waals surface area contributed by atoms with Gasteiger partial charge in [-0.05, 0) is 55.3 Å². The number of aromatic nitrogens is 1. The maximum atomic E-state index is 13.7. The van der Waals surface area contributed by atoms with Gasteiger partial charge in [-0.2, -0.15) is 0 Å². The maximum absolute atomic E-state index is 13.7. The van der Waals surface area contributed by atoms with Crippen LogP contribution in [0.2, 0.25) is 5.02 Å². The standard InChI is InChI=1S/C24H27ClFN3O4S2/c25-18-4-7-20(8-5-18)35(31,32)16-1-3-23(30)29(11-2-10-28-12-14-33-15-13-28)24-27-21-9-6-19(26)17-22(21)34-24/h4-9,17H,1-3,10-16H2. The lowest BCUT2D eigenvalue weighted by Crippen LogP contribution is -2.39. The molecule has 0 aliphatic carbocycles. The monoisotopic (exact) mass is 539 g/mol. The molecule has 1 aliphatic rings. The Morgan fingerprint density at radius 2 is 1.89 bits per heavy atom. The van der Waals surface area contributed by atoms with Crippen LogP contribution in [0.4, 0.5) is 9.52 Å². The first-order chi connectivity index (χ1) is 16.8. The molecule has 2 aromatic carbocycles. The molecule has 7 nitrogen and oxygen atoms in total.